The molecule has 1 aliphatic heterocycles. The second kappa shape index (κ2) is 15.8. The van der Waals surface area contributed by atoms with E-state index in [1.54, 1.807) is 37.5 Å². The predicted molar refractivity (Wildman–Crippen MR) is 167 cm³/mol. The van der Waals surface area contributed by atoms with Crippen molar-refractivity contribution in [1.29, 1.82) is 0 Å². The Hall–Kier alpha value is -4.07. The van der Waals surface area contributed by atoms with E-state index < -0.39 is 36.5 Å². The Labute approximate surface area is 264 Å². The molecule has 6 N–H and O–H groups in total. The summed E-state index contributed by atoms with van der Waals surface area (Å²) in [7, 11) is 1.64. The SMILES string of the molecule is CNC/C(=C\NC(F)F)c1ccc([C@H]2NCN([C@H](COC(=O)NC3CC3)c3ccc(Cl)c(C(C)N=C/C=C\N)c3)C2=O)c(F)c1. The zero-order valence-corrected chi connectivity index (χ0v) is 25.7. The average Bonchev–Trinajstić information content (AvgIpc) is 3.75. The maximum Gasteiger partial charge on any atom is 0.407 e. The average molecular weight is 648 g/mol. The van der Waals surface area contributed by atoms with Gasteiger partial charge in [-0.15, -0.1) is 0 Å². The van der Waals surface area contributed by atoms with Gasteiger partial charge in [0.25, 0.3) is 0 Å². The third-order valence-corrected chi connectivity index (χ3v) is 7.78. The first-order valence-corrected chi connectivity index (χ1v) is 14.8. The molecule has 14 heteroatoms. The molecular weight excluding hydrogens is 611 g/mol. The van der Waals surface area contributed by atoms with Crippen molar-refractivity contribution in [1.82, 2.24) is 26.2 Å². The number of likely N-dealkylation sites (N-methyl/N-ethyl adjacent to an activating group) is 1. The van der Waals surface area contributed by atoms with Crippen LogP contribution in [0.2, 0.25) is 5.02 Å². The van der Waals surface area contributed by atoms with Gasteiger partial charge in [0.15, 0.2) is 0 Å². The van der Waals surface area contributed by atoms with Crippen molar-refractivity contribution in [3.63, 3.8) is 0 Å². The summed E-state index contributed by atoms with van der Waals surface area (Å²) in [6, 6.07) is 7.45. The lowest BCUT2D eigenvalue weighted by molar-refractivity contribution is -0.132. The molecule has 3 atom stereocenters. The van der Waals surface area contributed by atoms with E-state index in [9.17, 15) is 18.4 Å². The number of nitrogens with zero attached hydrogens (tertiary/aromatic N) is 2. The van der Waals surface area contributed by atoms with Crippen molar-refractivity contribution in [3.05, 3.63) is 88.0 Å². The minimum atomic E-state index is -2.77. The first kappa shape index (κ1) is 33.8. The number of ether oxygens (including phenoxy) is 1. The van der Waals surface area contributed by atoms with Gasteiger partial charge in [-0.2, -0.15) is 8.78 Å². The standard InChI is InChI=1S/C31H37ClF3N7O3/c1-18(38-11-3-10-36)24-12-20(5-9-25(24)32)27(16-45-31(44)41-22-6-7-22)42-17-40-28(29(42)43)23-8-4-19(13-26(23)33)21(14-37-2)15-39-30(34)35/h3-5,8-13,15,18,22,27-28,30,37,39-40H,6-7,14,16-17,36H2,1-2H3,(H,41,44)/b10-3-,21-15+,38-11?/t18?,27-,28-/m1/s1. The Kier molecular flexibility index (Phi) is 11.9. The van der Waals surface area contributed by atoms with E-state index in [4.69, 9.17) is 22.1 Å². The van der Waals surface area contributed by atoms with E-state index in [-0.39, 0.29) is 37.5 Å². The van der Waals surface area contributed by atoms with Gasteiger partial charge in [-0.05, 0) is 79.6 Å². The quantitative estimate of drug-likeness (QED) is 0.151. The summed E-state index contributed by atoms with van der Waals surface area (Å²) < 4.78 is 46.5. The number of nitrogens with one attached hydrogen (secondary N) is 4. The van der Waals surface area contributed by atoms with Crippen molar-refractivity contribution in [2.75, 3.05) is 26.9 Å². The third-order valence-electron chi connectivity index (χ3n) is 7.44. The van der Waals surface area contributed by atoms with Crippen LogP contribution in [0.3, 0.4) is 0 Å². The summed E-state index contributed by atoms with van der Waals surface area (Å²) in [6.07, 6.45) is 6.80. The van der Waals surface area contributed by atoms with Crippen LogP contribution in [0.15, 0.2) is 59.9 Å². The second-order valence-corrected chi connectivity index (χ2v) is 11.1. The van der Waals surface area contributed by atoms with E-state index in [0.717, 1.165) is 19.0 Å². The Bertz CT molecular complexity index is 1450. The molecule has 10 nitrogen and oxygen atoms in total. The van der Waals surface area contributed by atoms with Gasteiger partial charge in [0, 0.05) is 35.6 Å². The lowest BCUT2D eigenvalue weighted by Crippen LogP contribution is -2.36. The third kappa shape index (κ3) is 8.99. The number of aliphatic imine (C=N–C) groups is 1. The minimum Gasteiger partial charge on any atom is -0.447 e. The van der Waals surface area contributed by atoms with Crippen LogP contribution in [-0.2, 0) is 9.53 Å². The lowest BCUT2D eigenvalue weighted by atomic mass is 9.98. The van der Waals surface area contributed by atoms with Crippen LogP contribution in [0.4, 0.5) is 18.0 Å². The van der Waals surface area contributed by atoms with Crippen LogP contribution in [0.1, 0.15) is 60.1 Å². The molecule has 1 aliphatic carbocycles. The van der Waals surface area contributed by atoms with Crippen LogP contribution >= 0.6 is 11.6 Å². The Balaban J connectivity index is 1.60. The zero-order chi connectivity index (χ0) is 32.5. The second-order valence-electron chi connectivity index (χ2n) is 10.7. The van der Waals surface area contributed by atoms with Crippen LogP contribution < -0.4 is 27.0 Å². The molecule has 4 rings (SSSR count). The normalized spacial score (nSPS) is 18.6. The largest absolute Gasteiger partial charge is 0.447 e. The Morgan fingerprint density at radius 3 is 2.71 bits per heavy atom. The summed E-state index contributed by atoms with van der Waals surface area (Å²) >= 11 is 6.50. The Morgan fingerprint density at radius 1 is 1.27 bits per heavy atom. The van der Waals surface area contributed by atoms with Crippen LogP contribution in [0.5, 0.6) is 0 Å². The van der Waals surface area contributed by atoms with Gasteiger partial charge >= 0.3 is 12.6 Å². The topological polar surface area (TPSA) is 133 Å². The number of amides is 2. The summed E-state index contributed by atoms with van der Waals surface area (Å²) in [5.74, 6) is -1.11. The van der Waals surface area contributed by atoms with E-state index in [1.165, 1.54) is 23.2 Å². The molecule has 2 aliphatic rings. The highest BCUT2D eigenvalue weighted by Crippen LogP contribution is 2.35. The van der Waals surface area contributed by atoms with Crippen molar-refractivity contribution in [2.24, 2.45) is 10.7 Å². The van der Waals surface area contributed by atoms with E-state index in [2.05, 4.69) is 20.9 Å². The smallest absolute Gasteiger partial charge is 0.407 e. The fourth-order valence-electron chi connectivity index (χ4n) is 4.93. The van der Waals surface area contributed by atoms with E-state index >= 15 is 4.39 Å². The molecular formula is C31H37ClF3N7O3. The van der Waals surface area contributed by atoms with Crippen molar-refractivity contribution in [2.45, 2.75) is 50.5 Å². The molecule has 0 spiro atoms. The first-order chi connectivity index (χ1) is 21.6. The van der Waals surface area contributed by atoms with Crippen LogP contribution in [0, 0.1) is 5.82 Å². The van der Waals surface area contributed by atoms with Crippen molar-refractivity contribution < 1.29 is 27.5 Å². The van der Waals surface area contributed by atoms with Crippen molar-refractivity contribution in [3.8, 4) is 0 Å². The van der Waals surface area contributed by atoms with Gasteiger partial charge in [-0.3, -0.25) is 15.1 Å². The molecule has 0 aromatic heterocycles. The van der Waals surface area contributed by atoms with Crippen molar-refractivity contribution >= 4 is 35.4 Å². The highest BCUT2D eigenvalue weighted by Gasteiger charge is 2.39. The number of hydrogen-bond donors (Lipinski definition) is 5. The lowest BCUT2D eigenvalue weighted by Gasteiger charge is -2.28. The summed E-state index contributed by atoms with van der Waals surface area (Å²) in [5.41, 5.74) is 7.61. The van der Waals surface area contributed by atoms with Gasteiger partial charge in [0.05, 0.1) is 18.8 Å². The van der Waals surface area contributed by atoms with Gasteiger partial charge in [-0.25, -0.2) is 9.18 Å². The van der Waals surface area contributed by atoms with Gasteiger partial charge in [0.2, 0.25) is 5.91 Å². The molecule has 1 heterocycles. The monoisotopic (exact) mass is 647 g/mol. The number of nitrogens with two attached hydrogens (primary N) is 1. The molecule has 2 aromatic rings. The number of carbonyl (C=O) groups is 2. The minimum absolute atomic E-state index is 0.0408. The maximum atomic E-state index is 15.5. The summed E-state index contributed by atoms with van der Waals surface area (Å²) in [4.78, 5) is 32.2. The molecule has 1 unspecified atom stereocenters. The fraction of sp³-hybridized carbons (Fsp3) is 0.387. The Morgan fingerprint density at radius 2 is 2.04 bits per heavy atom. The van der Waals surface area contributed by atoms with E-state index in [1.807, 2.05) is 18.3 Å². The molecule has 2 aromatic carbocycles. The highest BCUT2D eigenvalue weighted by atomic mass is 35.5. The number of alkyl carbamates (subject to hydrolysis) is 1. The predicted octanol–water partition coefficient (Wildman–Crippen LogP) is 4.52. The molecule has 45 heavy (non-hydrogen) atoms. The fourth-order valence-corrected chi connectivity index (χ4v) is 5.21. The molecule has 2 fully saturated rings. The number of benzene rings is 2. The van der Waals surface area contributed by atoms with Gasteiger partial charge in [0.1, 0.15) is 18.5 Å². The van der Waals surface area contributed by atoms with Gasteiger partial charge in [-0.1, -0.05) is 29.8 Å². The zero-order valence-electron chi connectivity index (χ0n) is 24.9. The molecule has 2 amide bonds. The molecule has 0 radical (unpaired) electrons. The number of carbonyl (C=O) groups excluding carboxylic acids is 2. The number of allylic oxidation sites excluding steroid dienone is 1. The van der Waals surface area contributed by atoms with Crippen LogP contribution in [-0.4, -0.2) is 62.6 Å². The maximum absolute atomic E-state index is 15.5. The molecule has 1 saturated carbocycles. The van der Waals surface area contributed by atoms with E-state index in [0.29, 0.717) is 27.3 Å². The molecule has 242 valence electrons. The van der Waals surface area contributed by atoms with Gasteiger partial charge < -0.3 is 31.3 Å². The highest BCUT2D eigenvalue weighted by molar-refractivity contribution is 6.31. The summed E-state index contributed by atoms with van der Waals surface area (Å²) in [6.45, 7) is -0.834. The number of alkyl halides is 2. The van der Waals surface area contributed by atoms with Crippen LogP contribution in [0.25, 0.3) is 5.57 Å². The first-order valence-electron chi connectivity index (χ1n) is 14.5. The number of hydrogen-bond acceptors (Lipinski definition) is 8. The number of halogens is 4. The molecule has 0 bridgehead atoms. The summed E-state index contributed by atoms with van der Waals surface area (Å²) in [5, 5.41) is 11.1. The molecule has 1 saturated heterocycles. The number of rotatable bonds is 14.